The summed E-state index contributed by atoms with van der Waals surface area (Å²) in [5.74, 6) is -0.194. The molecule has 6 heteroatoms. The highest BCUT2D eigenvalue weighted by molar-refractivity contribution is 5.91. The van der Waals surface area contributed by atoms with Crippen molar-refractivity contribution in [1.29, 1.82) is 0 Å². The molecule has 1 fully saturated rings. The van der Waals surface area contributed by atoms with Crippen LogP contribution in [-0.4, -0.2) is 58.2 Å². The van der Waals surface area contributed by atoms with Gasteiger partial charge in [0, 0.05) is 38.6 Å². The number of carbonyl (C=O) groups excluding carboxylic acids is 1. The van der Waals surface area contributed by atoms with Crippen LogP contribution in [0, 0.1) is 0 Å². The summed E-state index contributed by atoms with van der Waals surface area (Å²) in [7, 11) is 0. The molecule has 0 bridgehead atoms. The van der Waals surface area contributed by atoms with Gasteiger partial charge in [-0.25, -0.2) is 4.98 Å². The van der Waals surface area contributed by atoms with E-state index in [9.17, 15) is 9.90 Å². The van der Waals surface area contributed by atoms with Crippen molar-refractivity contribution >= 4 is 5.91 Å². The van der Waals surface area contributed by atoms with Gasteiger partial charge < -0.3 is 15.3 Å². The van der Waals surface area contributed by atoms with E-state index in [1.165, 1.54) is 18.6 Å². The summed E-state index contributed by atoms with van der Waals surface area (Å²) < 4.78 is 0. The minimum atomic E-state index is -0.194. The predicted octanol–water partition coefficient (Wildman–Crippen LogP) is -0.337. The third-order valence-electron chi connectivity index (χ3n) is 3.07. The van der Waals surface area contributed by atoms with Crippen molar-refractivity contribution in [3.8, 4) is 0 Å². The number of piperidine rings is 1. The Kier molecular flexibility index (Phi) is 4.60. The van der Waals surface area contributed by atoms with Gasteiger partial charge in [0.15, 0.2) is 0 Å². The van der Waals surface area contributed by atoms with E-state index in [0.717, 1.165) is 32.5 Å². The molecule has 0 unspecified atom stereocenters. The number of aliphatic hydroxyl groups is 1. The summed E-state index contributed by atoms with van der Waals surface area (Å²) in [5, 5.41) is 12.2. The lowest BCUT2D eigenvalue weighted by molar-refractivity contribution is 0.0803. The van der Waals surface area contributed by atoms with Crippen LogP contribution in [0.25, 0.3) is 0 Å². The minimum Gasteiger partial charge on any atom is -0.393 e. The summed E-state index contributed by atoms with van der Waals surface area (Å²) in [4.78, 5) is 21.7. The molecular formula is C12H18N4O2. The van der Waals surface area contributed by atoms with E-state index in [0.29, 0.717) is 12.2 Å². The van der Waals surface area contributed by atoms with Crippen LogP contribution in [0.1, 0.15) is 23.3 Å². The Morgan fingerprint density at radius 1 is 1.44 bits per heavy atom. The first-order valence-electron chi connectivity index (χ1n) is 6.20. The van der Waals surface area contributed by atoms with Crippen molar-refractivity contribution in [3.63, 3.8) is 0 Å². The zero-order chi connectivity index (χ0) is 12.8. The lowest BCUT2D eigenvalue weighted by Crippen LogP contribution is -2.40. The van der Waals surface area contributed by atoms with E-state index in [1.807, 2.05) is 0 Å². The van der Waals surface area contributed by atoms with Crippen LogP contribution in [-0.2, 0) is 0 Å². The van der Waals surface area contributed by atoms with E-state index >= 15 is 0 Å². The maximum atomic E-state index is 11.7. The smallest absolute Gasteiger partial charge is 0.271 e. The summed E-state index contributed by atoms with van der Waals surface area (Å²) in [6.07, 6.45) is 5.97. The SMILES string of the molecule is O=C(NCCN1CCC(O)CC1)c1cnccn1. The maximum absolute atomic E-state index is 11.7. The second kappa shape index (κ2) is 6.42. The van der Waals surface area contributed by atoms with E-state index in [-0.39, 0.29) is 12.0 Å². The third-order valence-corrected chi connectivity index (χ3v) is 3.07. The number of hydrogen-bond acceptors (Lipinski definition) is 5. The fourth-order valence-electron chi connectivity index (χ4n) is 1.98. The average molecular weight is 250 g/mol. The molecular weight excluding hydrogens is 232 g/mol. The highest BCUT2D eigenvalue weighted by atomic mass is 16.3. The number of aliphatic hydroxyl groups excluding tert-OH is 1. The molecule has 1 aromatic rings. The standard InChI is InChI=1S/C12H18N4O2/c17-10-1-6-16(7-2-10)8-5-15-12(18)11-9-13-3-4-14-11/h3-4,9-10,17H,1-2,5-8H2,(H,15,18). The zero-order valence-electron chi connectivity index (χ0n) is 10.2. The first-order valence-corrected chi connectivity index (χ1v) is 6.20. The molecule has 0 spiro atoms. The molecule has 1 aliphatic rings. The lowest BCUT2D eigenvalue weighted by atomic mass is 10.1. The summed E-state index contributed by atoms with van der Waals surface area (Å²) in [6, 6.07) is 0. The molecule has 0 aliphatic carbocycles. The van der Waals surface area contributed by atoms with Gasteiger partial charge in [-0.1, -0.05) is 0 Å². The number of aromatic nitrogens is 2. The van der Waals surface area contributed by atoms with E-state index in [2.05, 4.69) is 20.2 Å². The number of rotatable bonds is 4. The van der Waals surface area contributed by atoms with Gasteiger partial charge in [0.2, 0.25) is 0 Å². The Bertz CT molecular complexity index is 377. The van der Waals surface area contributed by atoms with E-state index < -0.39 is 0 Å². The van der Waals surface area contributed by atoms with E-state index in [4.69, 9.17) is 0 Å². The van der Waals surface area contributed by atoms with Gasteiger partial charge in [-0.15, -0.1) is 0 Å². The highest BCUT2D eigenvalue weighted by Gasteiger charge is 2.16. The quantitative estimate of drug-likeness (QED) is 0.764. The van der Waals surface area contributed by atoms with Crippen molar-refractivity contribution in [2.75, 3.05) is 26.2 Å². The number of nitrogens with zero attached hydrogens (tertiary/aromatic N) is 3. The van der Waals surface area contributed by atoms with Crippen LogP contribution in [0.5, 0.6) is 0 Å². The molecule has 98 valence electrons. The Balaban J connectivity index is 1.68. The molecule has 2 rings (SSSR count). The topological polar surface area (TPSA) is 78.4 Å². The van der Waals surface area contributed by atoms with Crippen molar-refractivity contribution in [1.82, 2.24) is 20.2 Å². The second-order valence-electron chi connectivity index (χ2n) is 4.42. The Morgan fingerprint density at radius 2 is 2.22 bits per heavy atom. The molecule has 1 aromatic heterocycles. The highest BCUT2D eigenvalue weighted by Crippen LogP contribution is 2.08. The summed E-state index contributed by atoms with van der Waals surface area (Å²) in [6.45, 7) is 3.18. The maximum Gasteiger partial charge on any atom is 0.271 e. The van der Waals surface area contributed by atoms with Crippen LogP contribution in [0.15, 0.2) is 18.6 Å². The van der Waals surface area contributed by atoms with Crippen LogP contribution in [0.4, 0.5) is 0 Å². The molecule has 2 N–H and O–H groups in total. The molecule has 1 aliphatic heterocycles. The van der Waals surface area contributed by atoms with Gasteiger partial charge in [0.25, 0.3) is 5.91 Å². The third kappa shape index (κ3) is 3.75. The minimum absolute atomic E-state index is 0.157. The van der Waals surface area contributed by atoms with Gasteiger partial charge in [-0.2, -0.15) is 0 Å². The number of nitrogens with one attached hydrogen (secondary N) is 1. The van der Waals surface area contributed by atoms with Crippen molar-refractivity contribution in [2.24, 2.45) is 0 Å². The summed E-state index contributed by atoms with van der Waals surface area (Å²) in [5.41, 5.74) is 0.339. The van der Waals surface area contributed by atoms with Crippen LogP contribution < -0.4 is 5.32 Å². The van der Waals surface area contributed by atoms with Gasteiger partial charge >= 0.3 is 0 Å². The van der Waals surface area contributed by atoms with Crippen LogP contribution >= 0.6 is 0 Å². The molecule has 18 heavy (non-hydrogen) atoms. The number of carbonyl (C=O) groups is 1. The predicted molar refractivity (Wildman–Crippen MR) is 66.0 cm³/mol. The largest absolute Gasteiger partial charge is 0.393 e. The molecule has 0 radical (unpaired) electrons. The number of amides is 1. The Hall–Kier alpha value is -1.53. The fraction of sp³-hybridized carbons (Fsp3) is 0.583. The molecule has 0 atom stereocenters. The normalized spacial score (nSPS) is 17.6. The monoisotopic (exact) mass is 250 g/mol. The van der Waals surface area contributed by atoms with Crippen molar-refractivity contribution in [2.45, 2.75) is 18.9 Å². The molecule has 2 heterocycles. The van der Waals surface area contributed by atoms with E-state index in [1.54, 1.807) is 0 Å². The average Bonchev–Trinajstić information content (AvgIpc) is 2.42. The number of likely N-dealkylation sites (tertiary alicyclic amines) is 1. The van der Waals surface area contributed by atoms with Gasteiger partial charge in [-0.05, 0) is 12.8 Å². The molecule has 6 nitrogen and oxygen atoms in total. The van der Waals surface area contributed by atoms with Crippen molar-refractivity contribution in [3.05, 3.63) is 24.3 Å². The van der Waals surface area contributed by atoms with Crippen LogP contribution in [0.3, 0.4) is 0 Å². The molecule has 0 aromatic carbocycles. The van der Waals surface area contributed by atoms with Crippen molar-refractivity contribution < 1.29 is 9.90 Å². The molecule has 0 saturated carbocycles. The van der Waals surface area contributed by atoms with Gasteiger partial charge in [0.05, 0.1) is 12.3 Å². The molecule has 1 saturated heterocycles. The number of hydrogen-bond donors (Lipinski definition) is 2. The summed E-state index contributed by atoms with van der Waals surface area (Å²) >= 11 is 0. The van der Waals surface area contributed by atoms with Crippen LogP contribution in [0.2, 0.25) is 0 Å². The second-order valence-corrected chi connectivity index (χ2v) is 4.42. The van der Waals surface area contributed by atoms with Gasteiger partial charge in [0.1, 0.15) is 5.69 Å². The fourth-order valence-corrected chi connectivity index (χ4v) is 1.98. The molecule has 1 amide bonds. The Morgan fingerprint density at radius 3 is 2.89 bits per heavy atom. The lowest BCUT2D eigenvalue weighted by Gasteiger charge is -2.29. The zero-order valence-corrected chi connectivity index (χ0v) is 10.2. The first kappa shape index (κ1) is 12.9. The van der Waals surface area contributed by atoms with Gasteiger partial charge in [-0.3, -0.25) is 9.78 Å². The first-order chi connectivity index (χ1) is 8.75. The Labute approximate surface area is 106 Å².